The minimum Gasteiger partial charge on any atom is -0.293 e. The molecule has 4 heteroatoms. The first-order chi connectivity index (χ1) is 6.52. The summed E-state index contributed by atoms with van der Waals surface area (Å²) in [6.07, 6.45) is 1.06. The van der Waals surface area contributed by atoms with Crippen LogP contribution in [-0.2, 0) is 6.54 Å². The van der Waals surface area contributed by atoms with E-state index in [1.165, 1.54) is 6.92 Å². The van der Waals surface area contributed by atoms with Crippen LogP contribution >= 0.6 is 0 Å². The molecular formula is C10H17N3O. The van der Waals surface area contributed by atoms with Crippen LogP contribution in [0.3, 0.4) is 0 Å². The molecule has 1 aromatic rings. The molecule has 1 aromatic heterocycles. The van der Waals surface area contributed by atoms with Crippen LogP contribution in [-0.4, -0.2) is 20.8 Å². The zero-order valence-electron chi connectivity index (χ0n) is 9.24. The molecular weight excluding hydrogens is 178 g/mol. The van der Waals surface area contributed by atoms with Crippen molar-refractivity contribution in [2.45, 2.75) is 40.7 Å². The third-order valence-corrected chi connectivity index (χ3v) is 2.23. The van der Waals surface area contributed by atoms with E-state index in [0.29, 0.717) is 11.6 Å². The molecule has 0 radical (unpaired) electrons. The summed E-state index contributed by atoms with van der Waals surface area (Å²) >= 11 is 0. The number of nitrogens with zero attached hydrogens (tertiary/aromatic N) is 3. The summed E-state index contributed by atoms with van der Waals surface area (Å²) < 4.78 is 1.80. The van der Waals surface area contributed by atoms with Gasteiger partial charge >= 0.3 is 0 Å². The van der Waals surface area contributed by atoms with Crippen molar-refractivity contribution in [2.24, 2.45) is 5.92 Å². The Morgan fingerprint density at radius 3 is 2.57 bits per heavy atom. The molecule has 0 N–H and O–H groups in total. The normalized spacial score (nSPS) is 10.9. The summed E-state index contributed by atoms with van der Waals surface area (Å²) in [5.74, 6) is 0.623. The molecule has 0 bridgehead atoms. The maximum Gasteiger partial charge on any atom is 0.181 e. The number of Topliss-reactive ketones (excluding diaryl/α,β-unsaturated/α-hetero) is 1. The molecule has 0 aliphatic heterocycles. The van der Waals surface area contributed by atoms with E-state index in [-0.39, 0.29) is 5.78 Å². The molecule has 0 aromatic carbocycles. The first-order valence-electron chi connectivity index (χ1n) is 4.93. The topological polar surface area (TPSA) is 47.8 Å². The molecule has 0 aliphatic carbocycles. The number of rotatable bonds is 4. The van der Waals surface area contributed by atoms with Gasteiger partial charge in [0, 0.05) is 13.5 Å². The number of aromatic nitrogens is 3. The van der Waals surface area contributed by atoms with Crippen LogP contribution in [0.5, 0.6) is 0 Å². The van der Waals surface area contributed by atoms with Gasteiger partial charge in [0.15, 0.2) is 11.5 Å². The van der Waals surface area contributed by atoms with Crippen LogP contribution in [0.25, 0.3) is 0 Å². The lowest BCUT2D eigenvalue weighted by atomic mass is 10.1. The number of carbonyl (C=O) groups is 1. The van der Waals surface area contributed by atoms with Crippen molar-refractivity contribution in [2.75, 3.05) is 0 Å². The zero-order valence-corrected chi connectivity index (χ0v) is 9.24. The van der Waals surface area contributed by atoms with Crippen LogP contribution < -0.4 is 0 Å². The molecule has 0 atom stereocenters. The molecule has 0 amide bonds. The van der Waals surface area contributed by atoms with Crippen LogP contribution in [0.4, 0.5) is 0 Å². The van der Waals surface area contributed by atoms with Gasteiger partial charge in [0.05, 0.1) is 5.69 Å². The predicted octanol–water partition coefficient (Wildman–Crippen LogP) is 1.84. The Labute approximate surface area is 84.3 Å². The molecule has 1 heterocycles. The van der Waals surface area contributed by atoms with Crippen molar-refractivity contribution in [1.82, 2.24) is 15.0 Å². The van der Waals surface area contributed by atoms with Crippen LogP contribution in [0.1, 0.15) is 43.4 Å². The number of carbonyl (C=O) groups excluding carboxylic acids is 1. The van der Waals surface area contributed by atoms with Crippen LogP contribution in [0, 0.1) is 12.8 Å². The van der Waals surface area contributed by atoms with Gasteiger partial charge in [0.25, 0.3) is 0 Å². The highest BCUT2D eigenvalue weighted by Gasteiger charge is 2.11. The smallest absolute Gasteiger partial charge is 0.181 e. The van der Waals surface area contributed by atoms with Crippen LogP contribution in [0.2, 0.25) is 0 Å². The van der Waals surface area contributed by atoms with Gasteiger partial charge in [-0.05, 0) is 19.3 Å². The Balaban J connectivity index is 2.74. The molecule has 0 aliphatic rings. The fraction of sp³-hybridized carbons (Fsp3) is 0.700. The average Bonchev–Trinajstić information content (AvgIpc) is 2.43. The van der Waals surface area contributed by atoms with E-state index >= 15 is 0 Å². The van der Waals surface area contributed by atoms with E-state index < -0.39 is 0 Å². The van der Waals surface area contributed by atoms with Gasteiger partial charge in [0.1, 0.15) is 0 Å². The van der Waals surface area contributed by atoms with Crippen molar-refractivity contribution in [1.29, 1.82) is 0 Å². The first kappa shape index (κ1) is 10.9. The summed E-state index contributed by atoms with van der Waals surface area (Å²) in [5.41, 5.74) is 1.37. The molecule has 0 saturated carbocycles. The quantitative estimate of drug-likeness (QED) is 0.689. The number of ketones is 1. The molecule has 14 heavy (non-hydrogen) atoms. The Hall–Kier alpha value is -1.19. The predicted molar refractivity (Wildman–Crippen MR) is 54.2 cm³/mol. The number of hydrogen-bond acceptors (Lipinski definition) is 3. The highest BCUT2D eigenvalue weighted by atomic mass is 16.1. The zero-order chi connectivity index (χ0) is 10.7. The second-order valence-corrected chi connectivity index (χ2v) is 3.99. The molecule has 1 rings (SSSR count). The van der Waals surface area contributed by atoms with E-state index in [0.717, 1.165) is 18.7 Å². The van der Waals surface area contributed by atoms with Crippen molar-refractivity contribution in [3.8, 4) is 0 Å². The molecule has 0 saturated heterocycles. The van der Waals surface area contributed by atoms with Crippen molar-refractivity contribution in [3.05, 3.63) is 11.4 Å². The van der Waals surface area contributed by atoms with Gasteiger partial charge in [-0.3, -0.25) is 4.79 Å². The number of aryl methyl sites for hydroxylation is 1. The average molecular weight is 195 g/mol. The maximum absolute atomic E-state index is 11.1. The lowest BCUT2D eigenvalue weighted by Gasteiger charge is -2.05. The van der Waals surface area contributed by atoms with E-state index in [4.69, 9.17) is 0 Å². The SMILES string of the molecule is CC(=O)c1nnn(CCC(C)C)c1C. The minimum absolute atomic E-state index is 0.0155. The Morgan fingerprint density at radius 2 is 2.14 bits per heavy atom. The first-order valence-corrected chi connectivity index (χ1v) is 4.93. The standard InChI is InChI=1S/C10H17N3O/c1-7(2)5-6-13-8(3)10(9(4)14)11-12-13/h7H,5-6H2,1-4H3. The second-order valence-electron chi connectivity index (χ2n) is 3.99. The third-order valence-electron chi connectivity index (χ3n) is 2.23. The molecule has 0 unspecified atom stereocenters. The lowest BCUT2D eigenvalue weighted by molar-refractivity contribution is 0.101. The van der Waals surface area contributed by atoms with Gasteiger partial charge in [0.2, 0.25) is 0 Å². The molecule has 4 nitrogen and oxygen atoms in total. The van der Waals surface area contributed by atoms with Crippen molar-refractivity contribution in [3.63, 3.8) is 0 Å². The van der Waals surface area contributed by atoms with Gasteiger partial charge in [-0.2, -0.15) is 0 Å². The highest BCUT2D eigenvalue weighted by Crippen LogP contribution is 2.07. The summed E-state index contributed by atoms with van der Waals surface area (Å²) in [7, 11) is 0. The lowest BCUT2D eigenvalue weighted by Crippen LogP contribution is -2.06. The number of hydrogen-bond donors (Lipinski definition) is 0. The third kappa shape index (κ3) is 2.40. The van der Waals surface area contributed by atoms with E-state index in [1.807, 2.05) is 6.92 Å². The van der Waals surface area contributed by atoms with Crippen molar-refractivity contribution >= 4 is 5.78 Å². The highest BCUT2D eigenvalue weighted by molar-refractivity contribution is 5.92. The Morgan fingerprint density at radius 1 is 1.50 bits per heavy atom. The van der Waals surface area contributed by atoms with Gasteiger partial charge in [-0.15, -0.1) is 5.10 Å². The van der Waals surface area contributed by atoms with Crippen LogP contribution in [0.15, 0.2) is 0 Å². The summed E-state index contributed by atoms with van der Waals surface area (Å²) in [4.78, 5) is 11.1. The molecule has 78 valence electrons. The second kappa shape index (κ2) is 4.35. The molecule has 0 fully saturated rings. The van der Waals surface area contributed by atoms with E-state index in [1.54, 1.807) is 4.68 Å². The largest absolute Gasteiger partial charge is 0.293 e. The Bertz CT molecular complexity index is 328. The van der Waals surface area contributed by atoms with E-state index in [2.05, 4.69) is 24.2 Å². The van der Waals surface area contributed by atoms with Gasteiger partial charge < -0.3 is 0 Å². The molecule has 0 spiro atoms. The Kier molecular flexibility index (Phi) is 3.38. The van der Waals surface area contributed by atoms with Gasteiger partial charge in [-0.25, -0.2) is 4.68 Å². The van der Waals surface area contributed by atoms with Gasteiger partial charge in [-0.1, -0.05) is 19.1 Å². The fourth-order valence-corrected chi connectivity index (χ4v) is 1.28. The van der Waals surface area contributed by atoms with Crippen molar-refractivity contribution < 1.29 is 4.79 Å². The fourth-order valence-electron chi connectivity index (χ4n) is 1.28. The maximum atomic E-state index is 11.1. The van der Waals surface area contributed by atoms with E-state index in [9.17, 15) is 4.79 Å². The monoisotopic (exact) mass is 195 g/mol. The summed E-state index contributed by atoms with van der Waals surface area (Å²) in [6, 6.07) is 0. The summed E-state index contributed by atoms with van der Waals surface area (Å²) in [5, 5.41) is 7.81. The summed E-state index contributed by atoms with van der Waals surface area (Å²) in [6.45, 7) is 8.57. The minimum atomic E-state index is -0.0155.